The minimum atomic E-state index is -0.852. The number of methoxy groups -OCH3 is 1. The monoisotopic (exact) mass is 600 g/mol. The van der Waals surface area contributed by atoms with Crippen LogP contribution in [0, 0.1) is 11.7 Å². The van der Waals surface area contributed by atoms with Gasteiger partial charge >= 0.3 is 11.8 Å². The lowest BCUT2D eigenvalue weighted by molar-refractivity contribution is -0.142. The zero-order valence-electron chi connectivity index (χ0n) is 25.2. The van der Waals surface area contributed by atoms with Crippen molar-refractivity contribution >= 4 is 28.4 Å². The highest BCUT2D eigenvalue weighted by molar-refractivity contribution is 6.39. The average molecular weight is 601 g/mol. The number of aromatic nitrogens is 1. The molecule has 0 saturated carbocycles. The fourth-order valence-electron chi connectivity index (χ4n) is 5.17. The van der Waals surface area contributed by atoms with Gasteiger partial charge in [0.15, 0.2) is 23.1 Å². The van der Waals surface area contributed by atoms with Crippen molar-refractivity contribution in [2.75, 3.05) is 52.8 Å². The second-order valence-corrected chi connectivity index (χ2v) is 11.0. The first-order valence-corrected chi connectivity index (χ1v) is 14.7. The van der Waals surface area contributed by atoms with Crippen LogP contribution >= 0.6 is 0 Å². The maximum Gasteiger partial charge on any atom is 0.313 e. The van der Waals surface area contributed by atoms with Gasteiger partial charge in [-0.1, -0.05) is 30.3 Å². The molecule has 10 heteroatoms. The first-order chi connectivity index (χ1) is 21.3. The molecule has 9 nitrogen and oxygen atoms in total. The Kier molecular flexibility index (Phi) is 9.91. The molecule has 5 rings (SSSR count). The SMILES string of the molecule is COc1c(OCC2CCN(C)CC2)ccc2c(Oc3ccc(NC(=O)C(=O)N(C)CCc4ccccc4)cc3F)ccnc12. The van der Waals surface area contributed by atoms with Crippen LogP contribution in [0.3, 0.4) is 0 Å². The first kappa shape index (κ1) is 30.7. The van der Waals surface area contributed by atoms with Gasteiger partial charge < -0.3 is 29.3 Å². The second kappa shape index (κ2) is 14.2. The van der Waals surface area contributed by atoms with Gasteiger partial charge in [0, 0.05) is 36.9 Å². The highest BCUT2D eigenvalue weighted by Gasteiger charge is 2.21. The molecule has 0 bridgehead atoms. The molecule has 4 aromatic rings. The molecule has 1 N–H and O–H groups in total. The molecule has 1 fully saturated rings. The molecule has 0 atom stereocenters. The lowest BCUT2D eigenvalue weighted by Gasteiger charge is -2.28. The smallest absolute Gasteiger partial charge is 0.313 e. The van der Waals surface area contributed by atoms with E-state index in [0.717, 1.165) is 37.6 Å². The van der Waals surface area contributed by atoms with Crippen molar-refractivity contribution in [1.29, 1.82) is 0 Å². The highest BCUT2D eigenvalue weighted by Crippen LogP contribution is 2.40. The van der Waals surface area contributed by atoms with E-state index < -0.39 is 17.6 Å². The van der Waals surface area contributed by atoms with Gasteiger partial charge in [0.25, 0.3) is 0 Å². The molecule has 1 aliphatic heterocycles. The number of carbonyl (C=O) groups excluding carboxylic acids is 2. The van der Waals surface area contributed by atoms with E-state index in [1.54, 1.807) is 26.4 Å². The van der Waals surface area contributed by atoms with Crippen LogP contribution in [0.15, 0.2) is 72.9 Å². The number of hydrogen-bond acceptors (Lipinski definition) is 7. The molecule has 230 valence electrons. The maximum atomic E-state index is 15.1. The summed E-state index contributed by atoms with van der Waals surface area (Å²) in [6.45, 7) is 3.07. The Balaban J connectivity index is 1.23. The predicted molar refractivity (Wildman–Crippen MR) is 167 cm³/mol. The van der Waals surface area contributed by atoms with Gasteiger partial charge in [-0.25, -0.2) is 4.39 Å². The largest absolute Gasteiger partial charge is 0.491 e. The van der Waals surface area contributed by atoms with Gasteiger partial charge in [0.2, 0.25) is 0 Å². The number of amides is 2. The Morgan fingerprint density at radius 2 is 1.77 bits per heavy atom. The topological polar surface area (TPSA) is 93.2 Å². The standard InChI is InChI=1S/C34H37FN4O5/c1-38-18-14-24(15-19-38)22-43-30-12-10-26-28(13-17-36-31(26)32(30)42-3)44-29-11-9-25(21-27(29)35)37-33(40)34(41)39(2)20-16-23-7-5-4-6-8-23/h4-13,17,21,24H,14-16,18-20,22H2,1-3H3,(H,37,40). The van der Waals surface area contributed by atoms with E-state index in [1.807, 2.05) is 42.5 Å². The number of nitrogens with one attached hydrogen (secondary N) is 1. The minimum Gasteiger partial charge on any atom is -0.491 e. The number of pyridine rings is 1. The second-order valence-electron chi connectivity index (χ2n) is 11.0. The van der Waals surface area contributed by atoms with E-state index >= 15 is 4.39 Å². The zero-order chi connectivity index (χ0) is 31.1. The van der Waals surface area contributed by atoms with Crippen molar-refractivity contribution in [2.24, 2.45) is 5.92 Å². The number of halogens is 1. The van der Waals surface area contributed by atoms with Crippen LogP contribution < -0.4 is 19.5 Å². The van der Waals surface area contributed by atoms with E-state index in [1.165, 1.54) is 17.0 Å². The van der Waals surface area contributed by atoms with Gasteiger partial charge in [-0.05, 0) is 81.2 Å². The van der Waals surface area contributed by atoms with Crippen LogP contribution in [0.25, 0.3) is 10.9 Å². The van der Waals surface area contributed by atoms with Crippen LogP contribution in [0.1, 0.15) is 18.4 Å². The number of likely N-dealkylation sites (tertiary alicyclic amines) is 1. The van der Waals surface area contributed by atoms with Crippen molar-refractivity contribution < 1.29 is 28.2 Å². The van der Waals surface area contributed by atoms with E-state index in [0.29, 0.717) is 53.6 Å². The fraction of sp³-hybridized carbons (Fsp3) is 0.324. The van der Waals surface area contributed by atoms with E-state index in [9.17, 15) is 9.59 Å². The summed E-state index contributed by atoms with van der Waals surface area (Å²) in [4.78, 5) is 33.3. The summed E-state index contributed by atoms with van der Waals surface area (Å²) in [5.41, 5.74) is 1.73. The van der Waals surface area contributed by atoms with Crippen molar-refractivity contribution in [2.45, 2.75) is 19.3 Å². The van der Waals surface area contributed by atoms with Crippen LogP contribution in [0.4, 0.5) is 10.1 Å². The van der Waals surface area contributed by atoms with Crippen molar-refractivity contribution in [3.8, 4) is 23.0 Å². The quantitative estimate of drug-likeness (QED) is 0.239. The summed E-state index contributed by atoms with van der Waals surface area (Å²) in [7, 11) is 5.25. The lowest BCUT2D eigenvalue weighted by atomic mass is 9.98. The van der Waals surface area contributed by atoms with Crippen LogP contribution in [0.2, 0.25) is 0 Å². The summed E-state index contributed by atoms with van der Waals surface area (Å²) in [5, 5.41) is 3.09. The Hall–Kier alpha value is -4.70. The Morgan fingerprint density at radius 1 is 1.02 bits per heavy atom. The van der Waals surface area contributed by atoms with Crippen LogP contribution in [0.5, 0.6) is 23.0 Å². The Morgan fingerprint density at radius 3 is 2.50 bits per heavy atom. The Bertz CT molecular complexity index is 1610. The third kappa shape index (κ3) is 7.44. The Labute approximate surface area is 256 Å². The summed E-state index contributed by atoms with van der Waals surface area (Å²) in [5.74, 6) is -0.396. The van der Waals surface area contributed by atoms with Crippen LogP contribution in [-0.2, 0) is 16.0 Å². The first-order valence-electron chi connectivity index (χ1n) is 14.7. The third-order valence-corrected chi connectivity index (χ3v) is 7.84. The third-order valence-electron chi connectivity index (χ3n) is 7.84. The number of benzene rings is 3. The van der Waals surface area contributed by atoms with Crippen molar-refractivity contribution in [3.05, 3.63) is 84.3 Å². The number of ether oxygens (including phenoxy) is 3. The van der Waals surface area contributed by atoms with Gasteiger partial charge in [-0.3, -0.25) is 14.6 Å². The van der Waals surface area contributed by atoms with Crippen molar-refractivity contribution in [3.63, 3.8) is 0 Å². The summed E-state index contributed by atoms with van der Waals surface area (Å²) >= 11 is 0. The average Bonchev–Trinajstić information content (AvgIpc) is 3.04. The van der Waals surface area contributed by atoms with Gasteiger partial charge in [0.05, 0.1) is 13.7 Å². The number of anilines is 1. The van der Waals surface area contributed by atoms with E-state index in [-0.39, 0.29) is 11.4 Å². The molecule has 3 aromatic carbocycles. The molecule has 44 heavy (non-hydrogen) atoms. The number of likely N-dealkylation sites (N-methyl/N-ethyl adjacent to an activating group) is 1. The summed E-state index contributed by atoms with van der Waals surface area (Å²) in [6, 6.07) is 18.9. The number of piperidine rings is 1. The van der Waals surface area contributed by atoms with Gasteiger partial charge in [-0.15, -0.1) is 0 Å². The van der Waals surface area contributed by atoms with Gasteiger partial charge in [0.1, 0.15) is 11.3 Å². The molecular weight excluding hydrogens is 563 g/mol. The van der Waals surface area contributed by atoms with Crippen molar-refractivity contribution in [1.82, 2.24) is 14.8 Å². The number of hydrogen-bond donors (Lipinski definition) is 1. The molecule has 2 heterocycles. The highest BCUT2D eigenvalue weighted by atomic mass is 19.1. The molecule has 2 amide bonds. The number of carbonyl (C=O) groups is 2. The molecule has 0 aliphatic carbocycles. The maximum absolute atomic E-state index is 15.1. The van der Waals surface area contributed by atoms with E-state index in [4.69, 9.17) is 14.2 Å². The molecule has 0 radical (unpaired) electrons. The lowest BCUT2D eigenvalue weighted by Crippen LogP contribution is -2.38. The number of rotatable bonds is 10. The minimum absolute atomic E-state index is 0.0524. The summed E-state index contributed by atoms with van der Waals surface area (Å²) in [6.07, 6.45) is 4.34. The zero-order valence-corrected chi connectivity index (χ0v) is 25.2. The molecule has 1 aromatic heterocycles. The van der Waals surface area contributed by atoms with Gasteiger partial charge in [-0.2, -0.15) is 0 Å². The molecule has 0 spiro atoms. The number of nitrogens with zero attached hydrogens (tertiary/aromatic N) is 3. The summed E-state index contributed by atoms with van der Waals surface area (Å²) < 4.78 is 32.9. The fourth-order valence-corrected chi connectivity index (χ4v) is 5.17. The molecule has 0 unspecified atom stereocenters. The predicted octanol–water partition coefficient (Wildman–Crippen LogP) is 5.54. The number of fused-ring (bicyclic) bond motifs is 1. The van der Waals surface area contributed by atoms with E-state index in [2.05, 4.69) is 22.2 Å². The van der Waals surface area contributed by atoms with Crippen LogP contribution in [-0.4, -0.2) is 74.0 Å². The molecule has 1 aliphatic rings. The molecular formula is C34H37FN4O5. The molecule has 1 saturated heterocycles. The normalized spacial score (nSPS) is 13.8.